The molecule has 11 nitrogen and oxygen atoms in total. The lowest BCUT2D eigenvalue weighted by molar-refractivity contribution is -0.375. The lowest BCUT2D eigenvalue weighted by atomic mass is 9.45. The fourth-order valence-electron chi connectivity index (χ4n) is 7.93. The third-order valence-electron chi connectivity index (χ3n) is 11.5. The SMILES string of the molecule is C=C[C@@](C)(O)CC[C@@]1(C)[C@H](C)C[C@H](O[C@@H]2O[C@H](CO)[C@@H](O)[C@H](O)[C@H]2O[C@@H]2O[C@@H](C)[C@H](O)[C@@H](O)[C@H]2O)[C@@]2(C)C(C)=CCC[C@H]12. The predicted molar refractivity (Wildman–Crippen MR) is 156 cm³/mol. The fourth-order valence-corrected chi connectivity index (χ4v) is 7.93. The van der Waals surface area contributed by atoms with Gasteiger partial charge >= 0.3 is 0 Å². The van der Waals surface area contributed by atoms with E-state index in [0.717, 1.165) is 19.3 Å². The second-order valence-electron chi connectivity index (χ2n) is 14.1. The van der Waals surface area contributed by atoms with Crippen LogP contribution in [0.2, 0.25) is 0 Å². The lowest BCUT2D eigenvalue weighted by Gasteiger charge is -2.61. The minimum absolute atomic E-state index is 0.128. The van der Waals surface area contributed by atoms with E-state index in [-0.39, 0.29) is 17.3 Å². The van der Waals surface area contributed by atoms with E-state index < -0.39 is 85.1 Å². The molecule has 43 heavy (non-hydrogen) atoms. The summed E-state index contributed by atoms with van der Waals surface area (Å²) in [6.45, 7) is 15.3. The minimum Gasteiger partial charge on any atom is -0.394 e. The van der Waals surface area contributed by atoms with Crippen LogP contribution in [-0.2, 0) is 18.9 Å². The van der Waals surface area contributed by atoms with Crippen molar-refractivity contribution in [1.29, 1.82) is 0 Å². The molecule has 2 aliphatic carbocycles. The molecule has 0 aromatic rings. The predicted octanol–water partition coefficient (Wildman–Crippen LogP) is 1.15. The molecule has 3 fully saturated rings. The number of hydrogen-bond acceptors (Lipinski definition) is 11. The Hall–Kier alpha value is -0.960. The largest absolute Gasteiger partial charge is 0.394 e. The Balaban J connectivity index is 1.64. The van der Waals surface area contributed by atoms with Crippen molar-refractivity contribution in [2.24, 2.45) is 22.7 Å². The summed E-state index contributed by atoms with van der Waals surface area (Å²) in [4.78, 5) is 0. The molecule has 2 heterocycles. The summed E-state index contributed by atoms with van der Waals surface area (Å²) in [5.41, 5.74) is -0.377. The van der Waals surface area contributed by atoms with Crippen molar-refractivity contribution in [1.82, 2.24) is 0 Å². The van der Waals surface area contributed by atoms with E-state index in [1.807, 2.05) is 0 Å². The molecule has 4 aliphatic rings. The first-order chi connectivity index (χ1) is 20.0. The highest BCUT2D eigenvalue weighted by Crippen LogP contribution is 2.63. The molecule has 2 saturated heterocycles. The molecule has 7 N–H and O–H groups in total. The van der Waals surface area contributed by atoms with Gasteiger partial charge in [0.1, 0.15) is 42.7 Å². The van der Waals surface area contributed by atoms with E-state index in [4.69, 9.17) is 18.9 Å². The summed E-state index contributed by atoms with van der Waals surface area (Å²) < 4.78 is 24.4. The number of fused-ring (bicyclic) bond motifs is 1. The standard InChI is InChI=1S/C32H54O11/c1-8-30(5,39)12-13-31(6)17(3)14-21(32(7)16(2)10-9-11-20(31)32)42-29-27(25(37)23(35)19(15-33)41-29)43-28-26(38)24(36)22(34)18(4)40-28/h8,10,17-29,33-39H,1,9,11-15H2,2-7H3/t17-,18+,19-,20-,21+,22+,23-,24-,25+,26-,27-,28+,29+,30-,31+,32+/m1/s1. The van der Waals surface area contributed by atoms with Gasteiger partial charge in [-0.1, -0.05) is 38.5 Å². The van der Waals surface area contributed by atoms with Gasteiger partial charge in [-0.25, -0.2) is 0 Å². The van der Waals surface area contributed by atoms with Crippen molar-refractivity contribution in [2.45, 2.75) is 147 Å². The number of rotatable bonds is 9. The zero-order valence-corrected chi connectivity index (χ0v) is 26.4. The van der Waals surface area contributed by atoms with Crippen molar-refractivity contribution >= 4 is 0 Å². The molecular weight excluding hydrogens is 560 g/mol. The maximum absolute atomic E-state index is 11.2. The third-order valence-corrected chi connectivity index (χ3v) is 11.5. The second kappa shape index (κ2) is 13.0. The summed E-state index contributed by atoms with van der Waals surface area (Å²) >= 11 is 0. The number of aliphatic hydroxyl groups is 7. The highest BCUT2D eigenvalue weighted by atomic mass is 16.8. The molecule has 0 aromatic heterocycles. The zero-order valence-electron chi connectivity index (χ0n) is 26.4. The topological polar surface area (TPSA) is 179 Å². The van der Waals surface area contributed by atoms with Gasteiger partial charge in [0.2, 0.25) is 0 Å². The van der Waals surface area contributed by atoms with Gasteiger partial charge in [-0.15, -0.1) is 6.58 Å². The van der Waals surface area contributed by atoms with E-state index in [0.29, 0.717) is 12.8 Å². The van der Waals surface area contributed by atoms with Crippen LogP contribution in [0.1, 0.15) is 73.6 Å². The normalized spacial score (nSPS) is 50.3. The van der Waals surface area contributed by atoms with Crippen molar-refractivity contribution < 1.29 is 54.7 Å². The Labute approximate surface area is 255 Å². The second-order valence-corrected chi connectivity index (χ2v) is 14.1. The molecule has 0 spiro atoms. The van der Waals surface area contributed by atoms with Gasteiger partial charge < -0.3 is 54.7 Å². The maximum Gasteiger partial charge on any atom is 0.187 e. The summed E-state index contributed by atoms with van der Waals surface area (Å²) in [6, 6.07) is 0. The Morgan fingerprint density at radius 1 is 1.00 bits per heavy atom. The van der Waals surface area contributed by atoms with Gasteiger partial charge in [0, 0.05) is 5.41 Å². The van der Waals surface area contributed by atoms with E-state index in [1.54, 1.807) is 13.0 Å². The van der Waals surface area contributed by atoms with E-state index in [9.17, 15) is 35.7 Å². The lowest BCUT2D eigenvalue weighted by Crippen LogP contribution is -2.65. The van der Waals surface area contributed by atoms with Crippen molar-refractivity contribution in [3.8, 4) is 0 Å². The van der Waals surface area contributed by atoms with Crippen molar-refractivity contribution in [3.05, 3.63) is 24.3 Å². The van der Waals surface area contributed by atoms with Crippen LogP contribution in [-0.4, -0.2) is 115 Å². The first-order valence-corrected chi connectivity index (χ1v) is 15.7. The molecule has 11 heteroatoms. The minimum atomic E-state index is -1.64. The number of aliphatic hydroxyl groups excluding tert-OH is 6. The maximum atomic E-state index is 11.2. The highest BCUT2D eigenvalue weighted by Gasteiger charge is 2.60. The third kappa shape index (κ3) is 6.38. The molecule has 0 aromatic carbocycles. The average Bonchev–Trinajstić information content (AvgIpc) is 2.97. The number of allylic oxidation sites excluding steroid dienone is 1. The summed E-state index contributed by atoms with van der Waals surface area (Å²) in [5.74, 6) is 0.364. The first kappa shape index (κ1) is 34.9. The first-order valence-electron chi connectivity index (χ1n) is 15.7. The quantitative estimate of drug-likeness (QED) is 0.185. The van der Waals surface area contributed by atoms with Gasteiger partial charge in [-0.3, -0.25) is 0 Å². The van der Waals surface area contributed by atoms with Crippen LogP contribution in [0.25, 0.3) is 0 Å². The van der Waals surface area contributed by atoms with Crippen LogP contribution in [0, 0.1) is 22.7 Å². The van der Waals surface area contributed by atoms with Gasteiger partial charge in [0.05, 0.1) is 24.4 Å². The van der Waals surface area contributed by atoms with Crippen LogP contribution >= 0.6 is 0 Å². The summed E-state index contributed by atoms with van der Waals surface area (Å²) in [7, 11) is 0. The molecule has 248 valence electrons. The van der Waals surface area contributed by atoms with Crippen molar-refractivity contribution in [2.75, 3.05) is 6.61 Å². The molecule has 16 atom stereocenters. The van der Waals surface area contributed by atoms with Crippen LogP contribution in [0.15, 0.2) is 24.3 Å². The fraction of sp³-hybridized carbons (Fsp3) is 0.875. The van der Waals surface area contributed by atoms with Gasteiger partial charge in [0.15, 0.2) is 12.6 Å². The molecule has 0 unspecified atom stereocenters. The molecule has 4 rings (SSSR count). The molecule has 0 amide bonds. The van der Waals surface area contributed by atoms with Crippen LogP contribution < -0.4 is 0 Å². The van der Waals surface area contributed by atoms with Gasteiger partial charge in [-0.05, 0) is 70.1 Å². The van der Waals surface area contributed by atoms with Crippen LogP contribution in [0.3, 0.4) is 0 Å². The summed E-state index contributed by atoms with van der Waals surface area (Å²) in [5, 5.41) is 73.6. The van der Waals surface area contributed by atoms with Gasteiger partial charge in [0.25, 0.3) is 0 Å². The number of ether oxygens (including phenoxy) is 4. The zero-order chi connectivity index (χ0) is 32.1. The molecular formula is C32H54O11. The Kier molecular flexibility index (Phi) is 10.6. The molecule has 0 radical (unpaired) electrons. The Morgan fingerprint density at radius 2 is 1.67 bits per heavy atom. The van der Waals surface area contributed by atoms with Crippen molar-refractivity contribution in [3.63, 3.8) is 0 Å². The van der Waals surface area contributed by atoms with Crippen LogP contribution in [0.4, 0.5) is 0 Å². The van der Waals surface area contributed by atoms with E-state index in [1.165, 1.54) is 12.5 Å². The van der Waals surface area contributed by atoms with Crippen LogP contribution in [0.5, 0.6) is 0 Å². The Morgan fingerprint density at radius 3 is 2.30 bits per heavy atom. The molecule has 1 saturated carbocycles. The van der Waals surface area contributed by atoms with E-state index in [2.05, 4.69) is 40.3 Å². The Bertz CT molecular complexity index is 1000. The van der Waals surface area contributed by atoms with Gasteiger partial charge in [-0.2, -0.15) is 0 Å². The van der Waals surface area contributed by atoms with E-state index >= 15 is 0 Å². The smallest absolute Gasteiger partial charge is 0.187 e. The monoisotopic (exact) mass is 614 g/mol. The molecule has 0 bridgehead atoms. The molecule has 2 aliphatic heterocycles. The summed E-state index contributed by atoms with van der Waals surface area (Å²) in [6.07, 6.45) is -6.48. The number of hydrogen-bond donors (Lipinski definition) is 7. The average molecular weight is 615 g/mol. The highest BCUT2D eigenvalue weighted by molar-refractivity contribution is 5.24.